The van der Waals surface area contributed by atoms with E-state index in [1.54, 1.807) is 0 Å². The number of aryl methyl sites for hydroxylation is 1. The normalized spacial score (nSPS) is 12.2. The van der Waals surface area contributed by atoms with Crippen molar-refractivity contribution in [3.8, 4) is 0 Å². The summed E-state index contributed by atoms with van der Waals surface area (Å²) in [6, 6.07) is 7.95. The van der Waals surface area contributed by atoms with E-state index in [9.17, 15) is 4.79 Å². The molecule has 3 nitrogen and oxygen atoms in total. The Bertz CT molecular complexity index is 372. The largest absolute Gasteiger partial charge is 0.330 e. The van der Waals surface area contributed by atoms with Crippen LogP contribution in [-0.4, -0.2) is 19.0 Å². The first-order chi connectivity index (χ1) is 8.15. The maximum atomic E-state index is 12.3. The van der Waals surface area contributed by atoms with E-state index in [0.717, 1.165) is 17.7 Å². The number of hydrogen-bond acceptors (Lipinski definition) is 2. The number of anilines is 1. The molecule has 0 aliphatic rings. The van der Waals surface area contributed by atoms with Gasteiger partial charge in [-0.15, -0.1) is 0 Å². The summed E-state index contributed by atoms with van der Waals surface area (Å²) in [5, 5.41) is 0. The molecule has 0 spiro atoms. The van der Waals surface area contributed by atoms with Crippen LogP contribution in [0.3, 0.4) is 0 Å². The molecular formula is C14H22N2O. The number of nitrogens with two attached hydrogens (primary N) is 1. The van der Waals surface area contributed by atoms with Crippen LogP contribution in [-0.2, 0) is 4.79 Å². The number of hydrogen-bond donors (Lipinski definition) is 1. The van der Waals surface area contributed by atoms with Crippen molar-refractivity contribution < 1.29 is 4.79 Å². The number of amides is 1. The predicted octanol–water partition coefficient (Wildman–Crippen LogP) is 2.33. The van der Waals surface area contributed by atoms with Crippen molar-refractivity contribution in [2.24, 2.45) is 11.7 Å². The predicted molar refractivity (Wildman–Crippen MR) is 72.0 cm³/mol. The number of rotatable bonds is 5. The van der Waals surface area contributed by atoms with Crippen molar-refractivity contribution in [1.29, 1.82) is 0 Å². The Morgan fingerprint density at radius 3 is 2.47 bits per heavy atom. The second-order valence-corrected chi connectivity index (χ2v) is 4.21. The highest BCUT2D eigenvalue weighted by Gasteiger charge is 2.22. The first-order valence-electron chi connectivity index (χ1n) is 6.22. The van der Waals surface area contributed by atoms with Gasteiger partial charge in [-0.1, -0.05) is 25.1 Å². The Hall–Kier alpha value is -1.35. The molecule has 1 rings (SSSR count). The first kappa shape index (κ1) is 13.7. The quantitative estimate of drug-likeness (QED) is 0.850. The van der Waals surface area contributed by atoms with E-state index in [4.69, 9.17) is 5.73 Å². The van der Waals surface area contributed by atoms with Gasteiger partial charge in [-0.25, -0.2) is 0 Å². The van der Waals surface area contributed by atoms with Crippen LogP contribution < -0.4 is 10.6 Å². The fourth-order valence-electron chi connectivity index (χ4n) is 1.97. The Kier molecular flexibility index (Phi) is 5.16. The average molecular weight is 234 g/mol. The standard InChI is InChI=1S/C14H22N2O/c1-4-12(10-15)14(17)16(5-2)13-9-7-6-8-11(13)3/h6-9,12H,4-5,10,15H2,1-3H3. The summed E-state index contributed by atoms with van der Waals surface area (Å²) in [5.74, 6) is 0.0568. The maximum absolute atomic E-state index is 12.3. The number of carbonyl (C=O) groups is 1. The Morgan fingerprint density at radius 2 is 2.00 bits per heavy atom. The lowest BCUT2D eigenvalue weighted by molar-refractivity contribution is -0.122. The highest BCUT2D eigenvalue weighted by Crippen LogP contribution is 2.21. The van der Waals surface area contributed by atoms with E-state index in [0.29, 0.717) is 13.1 Å². The van der Waals surface area contributed by atoms with Gasteiger partial charge in [0.1, 0.15) is 0 Å². The summed E-state index contributed by atoms with van der Waals surface area (Å²) in [5.41, 5.74) is 7.76. The monoisotopic (exact) mass is 234 g/mol. The number of carbonyl (C=O) groups excluding carboxylic acids is 1. The summed E-state index contributed by atoms with van der Waals surface area (Å²) in [7, 11) is 0. The lowest BCUT2D eigenvalue weighted by Crippen LogP contribution is -2.39. The molecule has 0 aliphatic heterocycles. The molecule has 0 radical (unpaired) electrons. The van der Waals surface area contributed by atoms with E-state index >= 15 is 0 Å². The van der Waals surface area contributed by atoms with Crippen LogP contribution in [0.2, 0.25) is 0 Å². The summed E-state index contributed by atoms with van der Waals surface area (Å²) < 4.78 is 0. The van der Waals surface area contributed by atoms with E-state index < -0.39 is 0 Å². The van der Waals surface area contributed by atoms with Gasteiger partial charge < -0.3 is 10.6 Å². The molecule has 1 aromatic carbocycles. The molecule has 17 heavy (non-hydrogen) atoms. The number of para-hydroxylation sites is 1. The van der Waals surface area contributed by atoms with Crippen LogP contribution in [0.25, 0.3) is 0 Å². The Balaban J connectivity index is 3.00. The van der Waals surface area contributed by atoms with Crippen molar-refractivity contribution in [1.82, 2.24) is 0 Å². The molecule has 0 saturated heterocycles. The zero-order chi connectivity index (χ0) is 12.8. The molecule has 1 amide bonds. The van der Waals surface area contributed by atoms with Gasteiger partial charge in [-0.2, -0.15) is 0 Å². The third-order valence-electron chi connectivity index (χ3n) is 3.12. The van der Waals surface area contributed by atoms with Crippen LogP contribution >= 0.6 is 0 Å². The molecule has 0 heterocycles. The minimum atomic E-state index is -0.0745. The summed E-state index contributed by atoms with van der Waals surface area (Å²) in [6.07, 6.45) is 0.789. The van der Waals surface area contributed by atoms with E-state index in [2.05, 4.69) is 0 Å². The third kappa shape index (κ3) is 3.07. The maximum Gasteiger partial charge on any atom is 0.231 e. The molecule has 1 aromatic rings. The van der Waals surface area contributed by atoms with Crippen molar-refractivity contribution in [3.63, 3.8) is 0 Å². The fraction of sp³-hybridized carbons (Fsp3) is 0.500. The van der Waals surface area contributed by atoms with Gasteiger partial charge in [0.2, 0.25) is 5.91 Å². The van der Waals surface area contributed by atoms with Gasteiger partial charge in [0.05, 0.1) is 5.92 Å². The van der Waals surface area contributed by atoms with Crippen molar-refractivity contribution >= 4 is 11.6 Å². The fourth-order valence-corrected chi connectivity index (χ4v) is 1.97. The number of nitrogens with zero attached hydrogens (tertiary/aromatic N) is 1. The van der Waals surface area contributed by atoms with Gasteiger partial charge in [0.25, 0.3) is 0 Å². The SMILES string of the molecule is CCC(CN)C(=O)N(CC)c1ccccc1C. The molecule has 1 unspecified atom stereocenters. The Labute approximate surface area is 104 Å². The smallest absolute Gasteiger partial charge is 0.231 e. The molecule has 0 fully saturated rings. The van der Waals surface area contributed by atoms with Crippen LogP contribution in [0.4, 0.5) is 5.69 Å². The molecule has 0 aliphatic carbocycles. The average Bonchev–Trinajstić information content (AvgIpc) is 2.34. The minimum Gasteiger partial charge on any atom is -0.330 e. The summed E-state index contributed by atoms with van der Waals surface area (Å²) in [4.78, 5) is 14.2. The lowest BCUT2D eigenvalue weighted by atomic mass is 10.0. The third-order valence-corrected chi connectivity index (χ3v) is 3.12. The topological polar surface area (TPSA) is 46.3 Å². The summed E-state index contributed by atoms with van der Waals surface area (Å²) in [6.45, 7) is 7.11. The highest BCUT2D eigenvalue weighted by atomic mass is 16.2. The van der Waals surface area contributed by atoms with E-state index in [1.807, 2.05) is 49.9 Å². The van der Waals surface area contributed by atoms with Gasteiger partial charge in [-0.05, 0) is 31.9 Å². The molecule has 0 aromatic heterocycles. The lowest BCUT2D eigenvalue weighted by Gasteiger charge is -2.26. The molecule has 2 N–H and O–H groups in total. The first-order valence-corrected chi connectivity index (χ1v) is 6.22. The van der Waals surface area contributed by atoms with Crippen LogP contribution in [0.1, 0.15) is 25.8 Å². The molecular weight excluding hydrogens is 212 g/mol. The van der Waals surface area contributed by atoms with Gasteiger partial charge in [-0.3, -0.25) is 4.79 Å². The summed E-state index contributed by atoms with van der Waals surface area (Å²) >= 11 is 0. The van der Waals surface area contributed by atoms with Crippen molar-refractivity contribution in [2.45, 2.75) is 27.2 Å². The molecule has 1 atom stereocenters. The van der Waals surface area contributed by atoms with Crippen LogP contribution in [0, 0.1) is 12.8 Å². The van der Waals surface area contributed by atoms with Crippen molar-refractivity contribution in [2.75, 3.05) is 18.0 Å². The van der Waals surface area contributed by atoms with Gasteiger partial charge in [0.15, 0.2) is 0 Å². The van der Waals surface area contributed by atoms with Crippen LogP contribution in [0.5, 0.6) is 0 Å². The minimum absolute atomic E-state index is 0.0745. The number of benzene rings is 1. The second-order valence-electron chi connectivity index (χ2n) is 4.21. The second kappa shape index (κ2) is 6.40. The Morgan fingerprint density at radius 1 is 1.35 bits per heavy atom. The molecule has 0 bridgehead atoms. The highest BCUT2D eigenvalue weighted by molar-refractivity contribution is 5.95. The zero-order valence-corrected chi connectivity index (χ0v) is 10.9. The van der Waals surface area contributed by atoms with E-state index in [1.165, 1.54) is 0 Å². The van der Waals surface area contributed by atoms with Crippen molar-refractivity contribution in [3.05, 3.63) is 29.8 Å². The van der Waals surface area contributed by atoms with Crippen LogP contribution in [0.15, 0.2) is 24.3 Å². The van der Waals surface area contributed by atoms with Gasteiger partial charge >= 0.3 is 0 Å². The van der Waals surface area contributed by atoms with E-state index in [-0.39, 0.29) is 11.8 Å². The molecule has 3 heteroatoms. The van der Waals surface area contributed by atoms with Gasteiger partial charge in [0, 0.05) is 18.8 Å². The molecule has 0 saturated carbocycles. The molecule has 94 valence electrons. The zero-order valence-electron chi connectivity index (χ0n) is 10.9.